The summed E-state index contributed by atoms with van der Waals surface area (Å²) in [6.45, 7) is 1.83. The van der Waals surface area contributed by atoms with E-state index in [1.165, 1.54) is 0 Å². The molecule has 0 radical (unpaired) electrons. The quantitative estimate of drug-likeness (QED) is 0.544. The summed E-state index contributed by atoms with van der Waals surface area (Å²) in [5, 5.41) is 3.53. The fraction of sp³-hybridized carbons (Fsp3) is 0.292. The Kier molecular flexibility index (Phi) is 6.46. The van der Waals surface area contributed by atoms with E-state index in [4.69, 9.17) is 16.3 Å². The van der Waals surface area contributed by atoms with Crippen LogP contribution >= 0.6 is 11.6 Å². The van der Waals surface area contributed by atoms with E-state index in [0.717, 1.165) is 29.8 Å². The van der Waals surface area contributed by atoms with E-state index in [0.29, 0.717) is 23.1 Å². The topological polar surface area (TPSA) is 76.5 Å². The van der Waals surface area contributed by atoms with Crippen LogP contribution in [-0.4, -0.2) is 46.0 Å². The lowest BCUT2D eigenvalue weighted by molar-refractivity contribution is -0.135. The van der Waals surface area contributed by atoms with Crippen molar-refractivity contribution in [2.24, 2.45) is 0 Å². The van der Waals surface area contributed by atoms with Gasteiger partial charge in [-0.1, -0.05) is 30.7 Å². The van der Waals surface area contributed by atoms with Gasteiger partial charge in [0.1, 0.15) is 12.3 Å². The van der Waals surface area contributed by atoms with Crippen LogP contribution in [0, 0.1) is 0 Å². The lowest BCUT2D eigenvalue weighted by Gasteiger charge is -2.21. The van der Waals surface area contributed by atoms with Gasteiger partial charge in [-0.3, -0.25) is 19.5 Å². The van der Waals surface area contributed by atoms with Crippen molar-refractivity contribution in [2.45, 2.75) is 32.2 Å². The minimum absolute atomic E-state index is 0.0111. The minimum atomic E-state index is -0.276. The van der Waals surface area contributed by atoms with Crippen LogP contribution in [0.5, 0.6) is 5.75 Å². The van der Waals surface area contributed by atoms with Crippen molar-refractivity contribution < 1.29 is 14.3 Å². The van der Waals surface area contributed by atoms with Crippen molar-refractivity contribution >= 4 is 29.4 Å². The first-order valence-electron chi connectivity index (χ1n) is 10.6. The molecule has 166 valence electrons. The third-order valence-electron chi connectivity index (χ3n) is 5.37. The number of nitrogens with zero attached hydrogens (tertiary/aromatic N) is 3. The Labute approximate surface area is 192 Å². The predicted molar refractivity (Wildman–Crippen MR) is 124 cm³/mol. The van der Waals surface area contributed by atoms with Gasteiger partial charge in [0.25, 0.3) is 0 Å². The zero-order chi connectivity index (χ0) is 22.7. The van der Waals surface area contributed by atoms with E-state index in [9.17, 15) is 9.59 Å². The SMILES string of the molecule is CCC(=O)N(CC(=O)Nc1nc(-c2ccc(Cl)cc2)cn1-c1ccc(OC)cc1)C1CC1. The fourth-order valence-corrected chi connectivity index (χ4v) is 3.62. The van der Waals surface area contributed by atoms with Gasteiger partial charge in [-0.15, -0.1) is 0 Å². The highest BCUT2D eigenvalue weighted by Crippen LogP contribution is 2.28. The largest absolute Gasteiger partial charge is 0.497 e. The number of amides is 2. The maximum Gasteiger partial charge on any atom is 0.246 e. The highest BCUT2D eigenvalue weighted by molar-refractivity contribution is 6.30. The standard InChI is InChI=1S/C24H25ClN4O3/c1-3-23(31)28(18-8-9-18)15-22(30)27-24-26-21(16-4-6-17(25)7-5-16)14-29(24)19-10-12-20(32-2)13-11-19/h4-7,10-14,18H,3,8-9,15H2,1-2H3,(H,26,27,30). The number of ether oxygens (including phenoxy) is 1. The molecule has 1 saturated carbocycles. The molecule has 1 aliphatic rings. The van der Waals surface area contributed by atoms with Gasteiger partial charge in [-0.25, -0.2) is 4.98 Å². The molecule has 0 saturated heterocycles. The maximum absolute atomic E-state index is 12.9. The van der Waals surface area contributed by atoms with Gasteiger partial charge in [-0.2, -0.15) is 0 Å². The van der Waals surface area contributed by atoms with Gasteiger partial charge in [0.05, 0.1) is 12.8 Å². The molecule has 8 heteroatoms. The first-order valence-corrected chi connectivity index (χ1v) is 11.0. The zero-order valence-corrected chi connectivity index (χ0v) is 18.8. The number of hydrogen-bond acceptors (Lipinski definition) is 4. The minimum Gasteiger partial charge on any atom is -0.497 e. The smallest absolute Gasteiger partial charge is 0.246 e. The number of imidazole rings is 1. The van der Waals surface area contributed by atoms with Crippen molar-refractivity contribution in [1.29, 1.82) is 0 Å². The van der Waals surface area contributed by atoms with Crippen LogP contribution in [0.15, 0.2) is 54.7 Å². The molecular formula is C24H25ClN4O3. The molecule has 0 aliphatic heterocycles. The Bertz CT molecular complexity index is 1110. The normalized spacial score (nSPS) is 13.0. The molecule has 1 aromatic heterocycles. The number of benzene rings is 2. The van der Waals surface area contributed by atoms with Crippen molar-refractivity contribution in [3.8, 4) is 22.7 Å². The summed E-state index contributed by atoms with van der Waals surface area (Å²) in [6, 6.07) is 15.0. The summed E-state index contributed by atoms with van der Waals surface area (Å²) < 4.78 is 7.06. The Balaban J connectivity index is 1.63. The molecule has 1 fully saturated rings. The molecule has 1 aliphatic carbocycles. The Hall–Kier alpha value is -3.32. The van der Waals surface area contributed by atoms with Crippen LogP contribution in [0.1, 0.15) is 26.2 Å². The molecule has 0 bridgehead atoms. The second-order valence-electron chi connectivity index (χ2n) is 7.68. The van der Waals surface area contributed by atoms with E-state index in [-0.39, 0.29) is 24.4 Å². The molecule has 2 amide bonds. The third-order valence-corrected chi connectivity index (χ3v) is 5.62. The average molecular weight is 453 g/mol. The Morgan fingerprint density at radius 2 is 1.84 bits per heavy atom. The summed E-state index contributed by atoms with van der Waals surface area (Å²) in [6.07, 6.45) is 4.13. The average Bonchev–Trinajstić information content (AvgIpc) is 3.57. The summed E-state index contributed by atoms with van der Waals surface area (Å²) in [7, 11) is 1.61. The highest BCUT2D eigenvalue weighted by atomic mass is 35.5. The lowest BCUT2D eigenvalue weighted by Crippen LogP contribution is -2.39. The predicted octanol–water partition coefficient (Wildman–Crippen LogP) is 4.54. The summed E-state index contributed by atoms with van der Waals surface area (Å²) >= 11 is 6.02. The number of rotatable bonds is 8. The van der Waals surface area contributed by atoms with Crippen LogP contribution in [0.4, 0.5) is 5.95 Å². The number of aromatic nitrogens is 2. The maximum atomic E-state index is 12.9. The molecular weight excluding hydrogens is 428 g/mol. The second-order valence-corrected chi connectivity index (χ2v) is 8.12. The number of anilines is 1. The first-order chi connectivity index (χ1) is 15.5. The van der Waals surface area contributed by atoms with E-state index in [2.05, 4.69) is 10.3 Å². The van der Waals surface area contributed by atoms with E-state index in [1.807, 2.05) is 54.1 Å². The molecule has 7 nitrogen and oxygen atoms in total. The van der Waals surface area contributed by atoms with E-state index >= 15 is 0 Å². The molecule has 32 heavy (non-hydrogen) atoms. The van der Waals surface area contributed by atoms with Gasteiger partial charge >= 0.3 is 0 Å². The van der Waals surface area contributed by atoms with E-state index in [1.54, 1.807) is 24.1 Å². The zero-order valence-electron chi connectivity index (χ0n) is 18.0. The third kappa shape index (κ3) is 4.94. The fourth-order valence-electron chi connectivity index (χ4n) is 3.50. The summed E-state index contributed by atoms with van der Waals surface area (Å²) in [5.74, 6) is 0.824. The van der Waals surface area contributed by atoms with Gasteiger partial charge in [0, 0.05) is 34.9 Å². The second kappa shape index (κ2) is 9.44. The van der Waals surface area contributed by atoms with Gasteiger partial charge in [-0.05, 0) is 49.2 Å². The molecule has 0 unspecified atom stereocenters. The van der Waals surface area contributed by atoms with Crippen LogP contribution in [-0.2, 0) is 9.59 Å². The summed E-state index contributed by atoms with van der Waals surface area (Å²) in [4.78, 5) is 31.4. The number of halogens is 1. The highest BCUT2D eigenvalue weighted by Gasteiger charge is 2.33. The molecule has 2 aromatic carbocycles. The Morgan fingerprint density at radius 1 is 1.16 bits per heavy atom. The monoisotopic (exact) mass is 452 g/mol. The molecule has 3 aromatic rings. The first kappa shape index (κ1) is 21.9. The van der Waals surface area contributed by atoms with Crippen molar-refractivity contribution in [1.82, 2.24) is 14.5 Å². The van der Waals surface area contributed by atoms with Crippen molar-refractivity contribution in [2.75, 3.05) is 19.0 Å². The van der Waals surface area contributed by atoms with Gasteiger partial charge in [0.2, 0.25) is 17.8 Å². The summed E-state index contributed by atoms with van der Waals surface area (Å²) in [5.41, 5.74) is 2.38. The van der Waals surface area contributed by atoms with E-state index < -0.39 is 0 Å². The number of nitrogens with one attached hydrogen (secondary N) is 1. The van der Waals surface area contributed by atoms with Gasteiger partial charge in [0.15, 0.2) is 0 Å². The number of methoxy groups -OCH3 is 1. The van der Waals surface area contributed by atoms with Gasteiger partial charge < -0.3 is 9.64 Å². The van der Waals surface area contributed by atoms with Crippen molar-refractivity contribution in [3.63, 3.8) is 0 Å². The number of carbonyl (C=O) groups is 2. The lowest BCUT2D eigenvalue weighted by atomic mass is 10.2. The molecule has 4 rings (SSSR count). The molecule has 0 spiro atoms. The molecule has 1 heterocycles. The van der Waals surface area contributed by atoms with Crippen LogP contribution in [0.25, 0.3) is 16.9 Å². The van der Waals surface area contributed by atoms with Crippen LogP contribution < -0.4 is 10.1 Å². The molecule has 1 N–H and O–H groups in total. The number of hydrogen-bond donors (Lipinski definition) is 1. The Morgan fingerprint density at radius 3 is 2.44 bits per heavy atom. The van der Waals surface area contributed by atoms with Crippen molar-refractivity contribution in [3.05, 3.63) is 59.8 Å². The molecule has 0 atom stereocenters. The number of carbonyl (C=O) groups excluding carboxylic acids is 2. The van der Waals surface area contributed by atoms with Crippen LogP contribution in [0.2, 0.25) is 5.02 Å². The van der Waals surface area contributed by atoms with Crippen LogP contribution in [0.3, 0.4) is 0 Å².